The molecule has 0 radical (unpaired) electrons. The van der Waals surface area contributed by atoms with E-state index in [1.165, 1.54) is 11.1 Å². The van der Waals surface area contributed by atoms with Gasteiger partial charge >= 0.3 is 0 Å². The Morgan fingerprint density at radius 1 is 1.15 bits per heavy atom. The van der Waals surface area contributed by atoms with Crippen molar-refractivity contribution in [2.75, 3.05) is 37.7 Å². The number of aliphatic hydroxyl groups is 1. The molecule has 0 spiro atoms. The number of hydrogen-bond acceptors (Lipinski definition) is 5. The largest absolute Gasteiger partial charge is 0.493 e. The number of benzene rings is 1. The average molecular weight is 514 g/mol. The van der Waals surface area contributed by atoms with Crippen LogP contribution in [0.1, 0.15) is 37.7 Å². The number of piperidine rings is 1. The third-order valence-corrected chi connectivity index (χ3v) is 7.02. The SMILES string of the molecule is O=C(NCCO)C1CC=C(c2ccc(OCC3CCN(c4ccc(Br)cn4)CC3)cc2)CC1. The number of halogens is 1. The molecule has 1 aromatic carbocycles. The Bertz CT molecular complexity index is 938. The molecule has 2 aromatic rings. The minimum absolute atomic E-state index is 0.00821. The molecule has 6 nitrogen and oxygen atoms in total. The van der Waals surface area contributed by atoms with Crippen LogP contribution in [0.5, 0.6) is 5.75 Å². The highest BCUT2D eigenvalue weighted by atomic mass is 79.9. The first-order valence-electron chi connectivity index (χ1n) is 11.8. The number of anilines is 1. The van der Waals surface area contributed by atoms with E-state index in [1.54, 1.807) is 0 Å². The quantitative estimate of drug-likeness (QED) is 0.545. The lowest BCUT2D eigenvalue weighted by Crippen LogP contribution is -2.36. The minimum atomic E-state index is -0.0172. The molecule has 1 amide bonds. The molecule has 1 aromatic heterocycles. The maximum Gasteiger partial charge on any atom is 0.223 e. The maximum absolute atomic E-state index is 12.1. The molecule has 33 heavy (non-hydrogen) atoms. The number of allylic oxidation sites excluding steroid dienone is 2. The molecule has 2 aliphatic rings. The normalized spacial score (nSPS) is 19.2. The number of amides is 1. The van der Waals surface area contributed by atoms with Crippen LogP contribution in [-0.2, 0) is 4.79 Å². The first-order valence-corrected chi connectivity index (χ1v) is 12.6. The fraction of sp³-hybridized carbons (Fsp3) is 0.462. The molecule has 0 saturated carbocycles. The van der Waals surface area contributed by atoms with Gasteiger partial charge in [0.15, 0.2) is 0 Å². The third kappa shape index (κ3) is 6.58. The van der Waals surface area contributed by atoms with E-state index in [-0.39, 0.29) is 18.4 Å². The van der Waals surface area contributed by atoms with E-state index < -0.39 is 0 Å². The molecule has 1 aliphatic heterocycles. The molecule has 2 heterocycles. The summed E-state index contributed by atoms with van der Waals surface area (Å²) in [4.78, 5) is 18.9. The van der Waals surface area contributed by atoms with Crippen molar-refractivity contribution < 1.29 is 14.6 Å². The Kier molecular flexibility index (Phi) is 8.40. The lowest BCUT2D eigenvalue weighted by atomic mass is 9.86. The van der Waals surface area contributed by atoms with Crippen molar-refractivity contribution in [3.8, 4) is 5.75 Å². The van der Waals surface area contributed by atoms with Crippen LogP contribution in [0, 0.1) is 11.8 Å². The molecule has 2 N–H and O–H groups in total. The monoisotopic (exact) mass is 513 g/mol. The van der Waals surface area contributed by atoms with E-state index in [4.69, 9.17) is 9.84 Å². The van der Waals surface area contributed by atoms with Crippen molar-refractivity contribution in [1.29, 1.82) is 0 Å². The highest BCUT2D eigenvalue weighted by Crippen LogP contribution is 2.31. The van der Waals surface area contributed by atoms with E-state index in [2.05, 4.69) is 67.5 Å². The summed E-state index contributed by atoms with van der Waals surface area (Å²) < 4.78 is 7.10. The highest BCUT2D eigenvalue weighted by Gasteiger charge is 2.22. The van der Waals surface area contributed by atoms with E-state index in [9.17, 15) is 4.79 Å². The van der Waals surface area contributed by atoms with Gasteiger partial charge in [0, 0.05) is 36.2 Å². The zero-order chi connectivity index (χ0) is 23.0. The van der Waals surface area contributed by atoms with Crippen molar-refractivity contribution in [3.05, 3.63) is 58.7 Å². The molecule has 1 unspecified atom stereocenters. The molecule has 0 bridgehead atoms. The topological polar surface area (TPSA) is 74.7 Å². The van der Waals surface area contributed by atoms with Crippen molar-refractivity contribution in [1.82, 2.24) is 10.3 Å². The number of aromatic nitrogens is 1. The highest BCUT2D eigenvalue weighted by molar-refractivity contribution is 9.10. The first-order chi connectivity index (χ1) is 16.1. The number of nitrogens with zero attached hydrogens (tertiary/aromatic N) is 2. The molecular formula is C26H32BrN3O3. The van der Waals surface area contributed by atoms with Crippen molar-refractivity contribution in [2.24, 2.45) is 11.8 Å². The zero-order valence-electron chi connectivity index (χ0n) is 18.9. The van der Waals surface area contributed by atoms with Crippen LogP contribution in [0.2, 0.25) is 0 Å². The molecule has 1 saturated heterocycles. The fourth-order valence-corrected chi connectivity index (χ4v) is 4.76. The summed E-state index contributed by atoms with van der Waals surface area (Å²) in [5.41, 5.74) is 2.49. The van der Waals surface area contributed by atoms with Gasteiger partial charge in [-0.2, -0.15) is 0 Å². The zero-order valence-corrected chi connectivity index (χ0v) is 20.5. The van der Waals surface area contributed by atoms with Crippen LogP contribution >= 0.6 is 15.9 Å². The smallest absolute Gasteiger partial charge is 0.223 e. The van der Waals surface area contributed by atoms with Crippen LogP contribution in [0.3, 0.4) is 0 Å². The molecule has 1 fully saturated rings. The summed E-state index contributed by atoms with van der Waals surface area (Å²) in [6.45, 7) is 3.07. The Morgan fingerprint density at radius 3 is 2.58 bits per heavy atom. The number of hydrogen-bond donors (Lipinski definition) is 2. The fourth-order valence-electron chi connectivity index (χ4n) is 4.52. The number of carbonyl (C=O) groups excluding carboxylic acids is 1. The van der Waals surface area contributed by atoms with Gasteiger partial charge in [0.05, 0.1) is 13.2 Å². The number of pyridine rings is 1. The first kappa shape index (κ1) is 23.8. The Morgan fingerprint density at radius 2 is 1.94 bits per heavy atom. The van der Waals surface area contributed by atoms with Crippen molar-refractivity contribution >= 4 is 33.2 Å². The number of aliphatic hydroxyl groups excluding tert-OH is 1. The van der Waals surface area contributed by atoms with E-state index >= 15 is 0 Å². The van der Waals surface area contributed by atoms with Gasteiger partial charge in [0.25, 0.3) is 0 Å². The van der Waals surface area contributed by atoms with E-state index in [0.29, 0.717) is 12.5 Å². The van der Waals surface area contributed by atoms with Crippen LogP contribution in [0.25, 0.3) is 5.57 Å². The lowest BCUT2D eigenvalue weighted by Gasteiger charge is -2.32. The number of nitrogens with one attached hydrogen (secondary N) is 1. The van der Waals surface area contributed by atoms with E-state index in [1.807, 2.05) is 12.3 Å². The molecule has 1 atom stereocenters. The third-order valence-electron chi connectivity index (χ3n) is 6.55. The summed E-state index contributed by atoms with van der Waals surface area (Å²) in [5.74, 6) is 2.57. The van der Waals surface area contributed by atoms with Crippen molar-refractivity contribution in [2.45, 2.75) is 32.1 Å². The summed E-state index contributed by atoms with van der Waals surface area (Å²) in [6.07, 6.45) is 8.73. The Balaban J connectivity index is 1.21. The van der Waals surface area contributed by atoms with Gasteiger partial charge in [-0.25, -0.2) is 4.98 Å². The van der Waals surface area contributed by atoms with Crippen molar-refractivity contribution in [3.63, 3.8) is 0 Å². The predicted molar refractivity (Wildman–Crippen MR) is 134 cm³/mol. The second-order valence-electron chi connectivity index (χ2n) is 8.82. The summed E-state index contributed by atoms with van der Waals surface area (Å²) in [7, 11) is 0. The van der Waals surface area contributed by atoms with Gasteiger partial charge in [0.2, 0.25) is 5.91 Å². The maximum atomic E-state index is 12.1. The van der Waals surface area contributed by atoms with Crippen LogP contribution in [0.15, 0.2) is 53.1 Å². The Labute approximate surface area is 204 Å². The molecule has 7 heteroatoms. The molecule has 4 rings (SSSR count). The van der Waals surface area contributed by atoms with Gasteiger partial charge in [-0.05, 0) is 89.4 Å². The second kappa shape index (κ2) is 11.7. The Hall–Kier alpha value is -2.38. The average Bonchev–Trinajstić information content (AvgIpc) is 2.87. The second-order valence-corrected chi connectivity index (χ2v) is 9.73. The standard InChI is InChI=1S/C26H32BrN3O3/c27-23-7-10-25(29-17-23)30-14-11-19(12-15-30)18-33-24-8-5-21(6-9-24)20-1-3-22(4-2-20)26(32)28-13-16-31/h1,5-10,17,19,22,31H,2-4,11-16,18H2,(H,28,32). The van der Waals surface area contributed by atoms with Gasteiger partial charge in [0.1, 0.15) is 11.6 Å². The summed E-state index contributed by atoms with van der Waals surface area (Å²) in [6, 6.07) is 12.5. The van der Waals surface area contributed by atoms with Crippen LogP contribution in [0.4, 0.5) is 5.82 Å². The molecule has 176 valence electrons. The van der Waals surface area contributed by atoms with Gasteiger partial charge < -0.3 is 20.1 Å². The molecule has 1 aliphatic carbocycles. The van der Waals surface area contributed by atoms with E-state index in [0.717, 1.165) is 67.8 Å². The number of carbonyl (C=O) groups is 1. The number of ether oxygens (including phenoxy) is 1. The van der Waals surface area contributed by atoms with Crippen LogP contribution < -0.4 is 15.0 Å². The van der Waals surface area contributed by atoms with Gasteiger partial charge in [-0.15, -0.1) is 0 Å². The van der Waals surface area contributed by atoms with Gasteiger partial charge in [-0.3, -0.25) is 4.79 Å². The minimum Gasteiger partial charge on any atom is -0.493 e. The summed E-state index contributed by atoms with van der Waals surface area (Å²) in [5, 5.41) is 11.6. The number of rotatable bonds is 8. The van der Waals surface area contributed by atoms with Crippen LogP contribution in [-0.4, -0.2) is 48.8 Å². The summed E-state index contributed by atoms with van der Waals surface area (Å²) >= 11 is 3.44. The lowest BCUT2D eigenvalue weighted by molar-refractivity contribution is -0.125. The predicted octanol–water partition coefficient (Wildman–Crippen LogP) is 4.43. The molecular weight excluding hydrogens is 482 g/mol. The van der Waals surface area contributed by atoms with Gasteiger partial charge in [-0.1, -0.05) is 18.2 Å².